The molecular formula is C13H12ClN3O3. The molecule has 3 atom stereocenters. The summed E-state index contributed by atoms with van der Waals surface area (Å²) >= 11 is 5.73. The zero-order valence-electron chi connectivity index (χ0n) is 10.5. The number of anilines is 1. The molecule has 20 heavy (non-hydrogen) atoms. The quantitative estimate of drug-likeness (QED) is 0.402. The number of carbonyl (C=O) groups excluding carboxylic acids is 1. The van der Waals surface area contributed by atoms with E-state index in [2.05, 4.69) is 22.5 Å². The Morgan fingerprint density at radius 3 is 2.80 bits per heavy atom. The molecule has 0 spiro atoms. The molecule has 1 aromatic rings. The summed E-state index contributed by atoms with van der Waals surface area (Å²) in [5.74, 6) is 0.251. The zero-order valence-corrected chi connectivity index (χ0v) is 11.2. The van der Waals surface area contributed by atoms with Crippen LogP contribution in [0.4, 0.5) is 11.5 Å². The van der Waals surface area contributed by atoms with Crippen LogP contribution in [0.25, 0.3) is 0 Å². The number of hydrogen-bond acceptors (Lipinski definition) is 4. The Bertz CT molecular complexity index is 617. The number of carbonyl (C=O) groups is 1. The smallest absolute Gasteiger partial charge is 0.305 e. The average molecular weight is 294 g/mol. The van der Waals surface area contributed by atoms with Crippen molar-refractivity contribution in [2.45, 2.75) is 12.8 Å². The molecule has 0 aromatic carbocycles. The third-order valence-electron chi connectivity index (χ3n) is 3.89. The van der Waals surface area contributed by atoms with E-state index < -0.39 is 4.92 Å². The van der Waals surface area contributed by atoms with Crippen LogP contribution in [-0.4, -0.2) is 15.8 Å². The van der Waals surface area contributed by atoms with Gasteiger partial charge in [0.15, 0.2) is 0 Å². The highest BCUT2D eigenvalue weighted by Gasteiger charge is 2.40. The average Bonchev–Trinajstić information content (AvgIpc) is 3.00. The van der Waals surface area contributed by atoms with Crippen LogP contribution in [0.15, 0.2) is 24.3 Å². The van der Waals surface area contributed by atoms with Crippen LogP contribution < -0.4 is 5.32 Å². The van der Waals surface area contributed by atoms with Crippen molar-refractivity contribution in [3.05, 3.63) is 39.6 Å². The Hall–Kier alpha value is -1.95. The van der Waals surface area contributed by atoms with Gasteiger partial charge in [-0.3, -0.25) is 14.9 Å². The van der Waals surface area contributed by atoms with E-state index in [0.29, 0.717) is 5.92 Å². The number of nitrogens with zero attached hydrogens (tertiary/aromatic N) is 2. The van der Waals surface area contributed by atoms with Crippen molar-refractivity contribution < 1.29 is 9.72 Å². The van der Waals surface area contributed by atoms with Gasteiger partial charge in [-0.15, -0.1) is 0 Å². The summed E-state index contributed by atoms with van der Waals surface area (Å²) < 4.78 is 0. The van der Waals surface area contributed by atoms with Crippen molar-refractivity contribution in [2.24, 2.45) is 17.8 Å². The first kappa shape index (κ1) is 13.1. The Labute approximate surface area is 120 Å². The fourth-order valence-electron chi connectivity index (χ4n) is 2.96. The highest BCUT2D eigenvalue weighted by molar-refractivity contribution is 6.29. The van der Waals surface area contributed by atoms with Gasteiger partial charge in [0.2, 0.25) is 11.7 Å². The van der Waals surface area contributed by atoms with Crippen molar-refractivity contribution in [1.29, 1.82) is 0 Å². The minimum atomic E-state index is -0.584. The maximum absolute atomic E-state index is 12.2. The van der Waals surface area contributed by atoms with E-state index in [1.54, 1.807) is 0 Å². The number of nitrogens with one attached hydrogen (secondary N) is 1. The summed E-state index contributed by atoms with van der Waals surface area (Å²) in [7, 11) is 0. The largest absolute Gasteiger partial charge is 0.311 e. The SMILES string of the molecule is O=C(Nc1nc(Cl)ccc1[N+](=O)[O-])C1CC2C=CC1C2. The van der Waals surface area contributed by atoms with E-state index in [1.165, 1.54) is 12.1 Å². The van der Waals surface area contributed by atoms with Gasteiger partial charge in [0.25, 0.3) is 0 Å². The topological polar surface area (TPSA) is 85.1 Å². The molecule has 104 valence electrons. The number of pyridine rings is 1. The lowest BCUT2D eigenvalue weighted by molar-refractivity contribution is -0.384. The number of fused-ring (bicyclic) bond motifs is 2. The molecular weight excluding hydrogens is 282 g/mol. The molecule has 0 saturated heterocycles. The summed E-state index contributed by atoms with van der Waals surface area (Å²) in [5.41, 5.74) is -0.249. The molecule has 2 aliphatic carbocycles. The first-order chi connectivity index (χ1) is 9.54. The summed E-state index contributed by atoms with van der Waals surface area (Å²) in [5, 5.41) is 13.6. The second-order valence-corrected chi connectivity index (χ2v) is 5.52. The van der Waals surface area contributed by atoms with Crippen molar-refractivity contribution in [3.8, 4) is 0 Å². The van der Waals surface area contributed by atoms with Crippen LogP contribution in [0.5, 0.6) is 0 Å². The highest BCUT2D eigenvalue weighted by Crippen LogP contribution is 2.44. The normalized spacial score (nSPS) is 26.8. The molecule has 2 bridgehead atoms. The fourth-order valence-corrected chi connectivity index (χ4v) is 3.11. The van der Waals surface area contributed by atoms with E-state index in [-0.39, 0.29) is 34.4 Å². The third kappa shape index (κ3) is 2.27. The minimum Gasteiger partial charge on any atom is -0.305 e. The molecule has 1 amide bonds. The molecule has 0 radical (unpaired) electrons. The Morgan fingerprint density at radius 2 is 2.20 bits per heavy atom. The molecule has 1 saturated carbocycles. The van der Waals surface area contributed by atoms with Gasteiger partial charge in [0, 0.05) is 12.0 Å². The maximum Gasteiger partial charge on any atom is 0.311 e. The number of nitro groups is 1. The van der Waals surface area contributed by atoms with Crippen molar-refractivity contribution in [2.75, 3.05) is 5.32 Å². The lowest BCUT2D eigenvalue weighted by Crippen LogP contribution is -2.26. The van der Waals surface area contributed by atoms with E-state index in [4.69, 9.17) is 11.6 Å². The summed E-state index contributed by atoms with van der Waals surface area (Å²) in [4.78, 5) is 26.4. The molecule has 1 heterocycles. The van der Waals surface area contributed by atoms with Crippen molar-refractivity contribution in [3.63, 3.8) is 0 Å². The van der Waals surface area contributed by atoms with Crippen LogP contribution in [0.2, 0.25) is 5.15 Å². The standard InChI is InChI=1S/C13H12ClN3O3/c14-11-4-3-10(17(19)20)12(15-11)16-13(18)9-6-7-1-2-8(9)5-7/h1-4,7-9H,5-6H2,(H,15,16,18). The van der Waals surface area contributed by atoms with Gasteiger partial charge in [0.1, 0.15) is 5.15 Å². The van der Waals surface area contributed by atoms with Crippen LogP contribution in [-0.2, 0) is 4.79 Å². The molecule has 7 heteroatoms. The van der Waals surface area contributed by atoms with Crippen LogP contribution in [0.3, 0.4) is 0 Å². The highest BCUT2D eigenvalue weighted by atomic mass is 35.5. The first-order valence-corrected chi connectivity index (χ1v) is 6.72. The summed E-state index contributed by atoms with van der Waals surface area (Å²) in [6.45, 7) is 0. The predicted molar refractivity (Wildman–Crippen MR) is 73.4 cm³/mol. The Balaban J connectivity index is 1.81. The molecule has 3 rings (SSSR count). The second-order valence-electron chi connectivity index (χ2n) is 5.13. The van der Waals surface area contributed by atoms with E-state index >= 15 is 0 Å². The number of aromatic nitrogens is 1. The molecule has 2 aliphatic rings. The Kier molecular flexibility index (Phi) is 3.17. The van der Waals surface area contributed by atoms with Gasteiger partial charge in [-0.2, -0.15) is 0 Å². The minimum absolute atomic E-state index is 0.0840. The van der Waals surface area contributed by atoms with E-state index in [1.807, 2.05) is 0 Å². The van der Waals surface area contributed by atoms with Crippen molar-refractivity contribution >= 4 is 29.0 Å². The molecule has 3 unspecified atom stereocenters. The molecule has 1 N–H and O–H groups in total. The monoisotopic (exact) mass is 293 g/mol. The van der Waals surface area contributed by atoms with Crippen molar-refractivity contribution in [1.82, 2.24) is 4.98 Å². The number of halogens is 1. The maximum atomic E-state index is 12.2. The Morgan fingerprint density at radius 1 is 1.40 bits per heavy atom. The van der Waals surface area contributed by atoms with Gasteiger partial charge in [-0.05, 0) is 30.7 Å². The van der Waals surface area contributed by atoms with Gasteiger partial charge >= 0.3 is 5.69 Å². The molecule has 0 aliphatic heterocycles. The fraction of sp³-hybridized carbons (Fsp3) is 0.385. The number of allylic oxidation sites excluding steroid dienone is 2. The summed E-state index contributed by atoms with van der Waals surface area (Å²) in [6, 6.07) is 2.57. The van der Waals surface area contributed by atoms with Gasteiger partial charge < -0.3 is 5.32 Å². The first-order valence-electron chi connectivity index (χ1n) is 6.34. The second kappa shape index (κ2) is 4.86. The third-order valence-corrected chi connectivity index (χ3v) is 4.10. The number of hydrogen-bond donors (Lipinski definition) is 1. The predicted octanol–water partition coefficient (Wildman–Crippen LogP) is 2.79. The molecule has 1 fully saturated rings. The van der Waals surface area contributed by atoms with Crippen LogP contribution >= 0.6 is 11.6 Å². The van der Waals surface area contributed by atoms with Gasteiger partial charge in [-0.1, -0.05) is 23.8 Å². The van der Waals surface area contributed by atoms with Gasteiger partial charge in [-0.25, -0.2) is 4.98 Å². The van der Waals surface area contributed by atoms with E-state index in [9.17, 15) is 14.9 Å². The molecule has 1 aromatic heterocycles. The molecule has 6 nitrogen and oxygen atoms in total. The van der Waals surface area contributed by atoms with E-state index in [0.717, 1.165) is 12.8 Å². The lowest BCUT2D eigenvalue weighted by Gasteiger charge is -2.17. The van der Waals surface area contributed by atoms with Gasteiger partial charge in [0.05, 0.1) is 4.92 Å². The number of amides is 1. The van der Waals surface area contributed by atoms with Crippen LogP contribution in [0.1, 0.15) is 12.8 Å². The zero-order chi connectivity index (χ0) is 14.3. The summed E-state index contributed by atoms with van der Waals surface area (Å²) in [6.07, 6.45) is 5.97. The number of rotatable bonds is 3. The van der Waals surface area contributed by atoms with Crippen LogP contribution in [0, 0.1) is 27.9 Å². The lowest BCUT2D eigenvalue weighted by atomic mass is 9.93.